The lowest BCUT2D eigenvalue weighted by Gasteiger charge is -2.18. The van der Waals surface area contributed by atoms with Crippen LogP contribution in [0, 0.1) is 13.8 Å². The molecule has 0 spiro atoms. The lowest BCUT2D eigenvalue weighted by Crippen LogP contribution is -2.30. The summed E-state index contributed by atoms with van der Waals surface area (Å²) in [5.41, 5.74) is 2.37. The van der Waals surface area contributed by atoms with Crippen molar-refractivity contribution in [3.63, 3.8) is 0 Å². The van der Waals surface area contributed by atoms with Crippen molar-refractivity contribution >= 4 is 17.0 Å². The lowest BCUT2D eigenvalue weighted by atomic mass is 10.1. The lowest BCUT2D eigenvalue weighted by molar-refractivity contribution is 0.0733. The van der Waals surface area contributed by atoms with Gasteiger partial charge >= 0.3 is 0 Å². The summed E-state index contributed by atoms with van der Waals surface area (Å²) in [7, 11) is 0. The average molecular weight is 288 g/mol. The van der Waals surface area contributed by atoms with Crippen LogP contribution in [0.2, 0.25) is 0 Å². The Morgan fingerprint density at radius 1 is 1.31 bits per heavy atom. The molecule has 1 aliphatic heterocycles. The number of ether oxygens (including phenoxy) is 1. The molecule has 4 heteroatoms. The summed E-state index contributed by atoms with van der Waals surface area (Å²) in [6.45, 7) is 5.44. The SMILES string of the molecule is Br.Cc1cccc(O[C@@H]2CNC[C@H]2O)c1C. The zero-order chi connectivity index (χ0) is 10.8. The molecular formula is C12H18BrNO2. The van der Waals surface area contributed by atoms with Crippen molar-refractivity contribution in [2.24, 2.45) is 0 Å². The fourth-order valence-electron chi connectivity index (χ4n) is 1.78. The molecule has 0 radical (unpaired) electrons. The van der Waals surface area contributed by atoms with E-state index in [-0.39, 0.29) is 23.1 Å². The van der Waals surface area contributed by atoms with E-state index >= 15 is 0 Å². The maximum absolute atomic E-state index is 9.62. The third-order valence-electron chi connectivity index (χ3n) is 2.96. The second-order valence-electron chi connectivity index (χ2n) is 4.08. The average Bonchev–Trinajstić information content (AvgIpc) is 2.60. The largest absolute Gasteiger partial charge is 0.486 e. The number of hydrogen-bond acceptors (Lipinski definition) is 3. The van der Waals surface area contributed by atoms with Crippen molar-refractivity contribution in [2.45, 2.75) is 26.1 Å². The Morgan fingerprint density at radius 2 is 2.06 bits per heavy atom. The van der Waals surface area contributed by atoms with Crippen molar-refractivity contribution < 1.29 is 9.84 Å². The molecule has 0 unspecified atom stereocenters. The van der Waals surface area contributed by atoms with Gasteiger partial charge in [-0.1, -0.05) is 12.1 Å². The van der Waals surface area contributed by atoms with Gasteiger partial charge < -0.3 is 15.2 Å². The molecule has 2 atom stereocenters. The highest BCUT2D eigenvalue weighted by atomic mass is 79.9. The van der Waals surface area contributed by atoms with Crippen LogP contribution in [-0.4, -0.2) is 30.4 Å². The minimum atomic E-state index is -0.398. The summed E-state index contributed by atoms with van der Waals surface area (Å²) in [5, 5.41) is 12.7. The zero-order valence-electron chi connectivity index (χ0n) is 9.56. The summed E-state index contributed by atoms with van der Waals surface area (Å²) < 4.78 is 5.79. The number of aryl methyl sites for hydroxylation is 1. The van der Waals surface area contributed by atoms with Gasteiger partial charge in [-0.25, -0.2) is 0 Å². The Bertz CT molecular complexity index is 357. The Hall–Kier alpha value is -0.580. The first-order valence-electron chi connectivity index (χ1n) is 5.30. The molecule has 0 amide bonds. The number of halogens is 1. The van der Waals surface area contributed by atoms with Crippen molar-refractivity contribution in [2.75, 3.05) is 13.1 Å². The number of β-amino-alcohol motifs (C(OH)–C–C–N with tert-alkyl or cyclic N) is 1. The van der Waals surface area contributed by atoms with Gasteiger partial charge in [0.1, 0.15) is 18.0 Å². The summed E-state index contributed by atoms with van der Waals surface area (Å²) in [6, 6.07) is 5.99. The molecular weight excluding hydrogens is 270 g/mol. The van der Waals surface area contributed by atoms with Crippen LogP contribution in [0.3, 0.4) is 0 Å². The molecule has 90 valence electrons. The smallest absolute Gasteiger partial charge is 0.138 e. The highest BCUT2D eigenvalue weighted by Gasteiger charge is 2.26. The van der Waals surface area contributed by atoms with E-state index in [0.29, 0.717) is 13.1 Å². The predicted molar refractivity (Wildman–Crippen MR) is 69.5 cm³/mol. The first-order chi connectivity index (χ1) is 7.18. The molecule has 0 bridgehead atoms. The van der Waals surface area contributed by atoms with Crippen LogP contribution in [0.4, 0.5) is 0 Å². The van der Waals surface area contributed by atoms with Crippen LogP contribution < -0.4 is 10.1 Å². The van der Waals surface area contributed by atoms with E-state index in [1.165, 1.54) is 5.56 Å². The summed E-state index contributed by atoms with van der Waals surface area (Å²) >= 11 is 0. The van der Waals surface area contributed by atoms with Gasteiger partial charge in [0, 0.05) is 13.1 Å². The highest BCUT2D eigenvalue weighted by molar-refractivity contribution is 8.93. The molecule has 3 nitrogen and oxygen atoms in total. The summed E-state index contributed by atoms with van der Waals surface area (Å²) in [4.78, 5) is 0. The fourth-order valence-corrected chi connectivity index (χ4v) is 1.78. The van der Waals surface area contributed by atoms with E-state index in [1.807, 2.05) is 19.1 Å². The molecule has 16 heavy (non-hydrogen) atoms. The number of aliphatic hydroxyl groups excluding tert-OH is 1. The van der Waals surface area contributed by atoms with Crippen LogP contribution in [0.5, 0.6) is 5.75 Å². The molecule has 1 heterocycles. The van der Waals surface area contributed by atoms with Gasteiger partial charge in [-0.05, 0) is 31.0 Å². The van der Waals surface area contributed by atoms with E-state index in [2.05, 4.69) is 18.3 Å². The van der Waals surface area contributed by atoms with Gasteiger partial charge in [-0.15, -0.1) is 17.0 Å². The van der Waals surface area contributed by atoms with Gasteiger partial charge in [0.15, 0.2) is 0 Å². The van der Waals surface area contributed by atoms with Crippen LogP contribution in [0.1, 0.15) is 11.1 Å². The van der Waals surface area contributed by atoms with Gasteiger partial charge in [0.05, 0.1) is 0 Å². The van der Waals surface area contributed by atoms with Crippen molar-refractivity contribution in [3.05, 3.63) is 29.3 Å². The standard InChI is InChI=1S/C12H17NO2.BrH/c1-8-4-3-5-11(9(8)2)15-12-7-13-6-10(12)14;/h3-5,10,12-14H,6-7H2,1-2H3;1H/t10-,12-;/m1./s1. The van der Waals surface area contributed by atoms with Gasteiger partial charge in [-0.2, -0.15) is 0 Å². The second kappa shape index (κ2) is 5.66. The van der Waals surface area contributed by atoms with Crippen LogP contribution in [0.25, 0.3) is 0 Å². The van der Waals surface area contributed by atoms with Gasteiger partial charge in [0.25, 0.3) is 0 Å². The first kappa shape index (κ1) is 13.5. The first-order valence-corrected chi connectivity index (χ1v) is 5.30. The number of nitrogens with one attached hydrogen (secondary N) is 1. The molecule has 1 saturated heterocycles. The molecule has 0 saturated carbocycles. The molecule has 0 aliphatic carbocycles. The molecule has 1 aromatic carbocycles. The maximum atomic E-state index is 9.62. The van der Waals surface area contributed by atoms with E-state index in [4.69, 9.17) is 4.74 Å². The molecule has 1 aromatic rings. The van der Waals surface area contributed by atoms with Crippen LogP contribution >= 0.6 is 17.0 Å². The highest BCUT2D eigenvalue weighted by Crippen LogP contribution is 2.23. The monoisotopic (exact) mass is 287 g/mol. The maximum Gasteiger partial charge on any atom is 0.138 e. The Balaban J connectivity index is 0.00000128. The molecule has 1 aliphatic rings. The van der Waals surface area contributed by atoms with Crippen LogP contribution in [-0.2, 0) is 0 Å². The van der Waals surface area contributed by atoms with Crippen LogP contribution in [0.15, 0.2) is 18.2 Å². The van der Waals surface area contributed by atoms with Gasteiger partial charge in [0.2, 0.25) is 0 Å². The Labute approximate surface area is 107 Å². The van der Waals surface area contributed by atoms with Crippen molar-refractivity contribution in [3.8, 4) is 5.75 Å². The molecule has 1 fully saturated rings. The minimum Gasteiger partial charge on any atom is -0.486 e. The van der Waals surface area contributed by atoms with Gasteiger partial charge in [-0.3, -0.25) is 0 Å². The molecule has 2 N–H and O–H groups in total. The van der Waals surface area contributed by atoms with Crippen molar-refractivity contribution in [1.82, 2.24) is 5.32 Å². The van der Waals surface area contributed by atoms with E-state index in [0.717, 1.165) is 11.3 Å². The third-order valence-corrected chi connectivity index (χ3v) is 2.96. The number of aliphatic hydroxyl groups is 1. The number of rotatable bonds is 2. The Kier molecular flexibility index (Phi) is 4.77. The van der Waals surface area contributed by atoms with Crippen molar-refractivity contribution in [1.29, 1.82) is 0 Å². The zero-order valence-corrected chi connectivity index (χ0v) is 11.3. The second-order valence-corrected chi connectivity index (χ2v) is 4.08. The van der Waals surface area contributed by atoms with E-state index in [1.54, 1.807) is 0 Å². The predicted octanol–water partition coefficient (Wildman–Crippen LogP) is 1.59. The molecule has 2 rings (SSSR count). The third kappa shape index (κ3) is 2.75. The number of benzene rings is 1. The van der Waals surface area contributed by atoms with E-state index < -0.39 is 6.10 Å². The fraction of sp³-hybridized carbons (Fsp3) is 0.500. The normalized spacial score (nSPS) is 23.9. The topological polar surface area (TPSA) is 41.5 Å². The Morgan fingerprint density at radius 3 is 2.69 bits per heavy atom. The quantitative estimate of drug-likeness (QED) is 0.868. The molecule has 0 aromatic heterocycles. The summed E-state index contributed by atoms with van der Waals surface area (Å²) in [6.07, 6.45) is -0.518. The summed E-state index contributed by atoms with van der Waals surface area (Å²) in [5.74, 6) is 0.878. The van der Waals surface area contributed by atoms with E-state index in [9.17, 15) is 5.11 Å². The minimum absolute atomic E-state index is 0. The number of hydrogen-bond donors (Lipinski definition) is 2.